The van der Waals surface area contributed by atoms with Crippen molar-refractivity contribution in [2.75, 3.05) is 36.5 Å². The molecule has 1 aromatic carbocycles. The van der Waals surface area contributed by atoms with Crippen LogP contribution in [0.15, 0.2) is 40.4 Å². The number of ether oxygens (including phenoxy) is 1. The van der Waals surface area contributed by atoms with Gasteiger partial charge in [-0.05, 0) is 56.1 Å². The number of nitrogens with zero attached hydrogens (tertiary/aromatic N) is 4. The summed E-state index contributed by atoms with van der Waals surface area (Å²) in [4.78, 5) is 25.6. The first-order valence-electron chi connectivity index (χ1n) is 12.3. The topological polar surface area (TPSA) is 96.0 Å². The van der Waals surface area contributed by atoms with E-state index < -0.39 is 0 Å². The van der Waals surface area contributed by atoms with Crippen LogP contribution in [-0.4, -0.2) is 52.3 Å². The van der Waals surface area contributed by atoms with E-state index >= 15 is 0 Å². The highest BCUT2D eigenvalue weighted by atomic mass is 32.2. The lowest BCUT2D eigenvalue weighted by Crippen LogP contribution is -2.37. The van der Waals surface area contributed by atoms with Gasteiger partial charge in [0.1, 0.15) is 17.4 Å². The minimum atomic E-state index is 0.257. The fourth-order valence-electron chi connectivity index (χ4n) is 4.71. The lowest BCUT2D eigenvalue weighted by Gasteiger charge is -2.29. The molecule has 2 aliphatic rings. The molecule has 0 atom stereocenters. The normalized spacial score (nSPS) is 16.6. The Balaban J connectivity index is 1.35. The van der Waals surface area contributed by atoms with Gasteiger partial charge in [0, 0.05) is 47.6 Å². The third-order valence-corrected chi connectivity index (χ3v) is 7.56. The zero-order chi connectivity index (χ0) is 24.2. The Labute approximate surface area is 210 Å². The molecule has 3 heterocycles. The van der Waals surface area contributed by atoms with Gasteiger partial charge in [0.2, 0.25) is 0 Å². The van der Waals surface area contributed by atoms with Crippen molar-refractivity contribution in [3.05, 3.63) is 47.2 Å². The molecule has 9 heteroatoms. The second-order valence-corrected chi connectivity index (χ2v) is 10.4. The van der Waals surface area contributed by atoms with Crippen molar-refractivity contribution in [2.24, 2.45) is 5.92 Å². The van der Waals surface area contributed by atoms with Crippen molar-refractivity contribution in [1.29, 1.82) is 0 Å². The molecule has 3 aromatic rings. The maximum absolute atomic E-state index is 12.5. The van der Waals surface area contributed by atoms with Gasteiger partial charge >= 0.3 is 0 Å². The van der Waals surface area contributed by atoms with Crippen LogP contribution in [0.4, 0.5) is 17.5 Å². The van der Waals surface area contributed by atoms with Crippen LogP contribution in [0.25, 0.3) is 0 Å². The standard InChI is InChI=1S/C26H32N6O2S/c1-17-15-23(31-30-17)27-24-18(2)25(32-11-13-34-14-12-32)29-26(28-24)35-21-9-7-19(8-10-21)16-22(33)20-5-3-4-6-20/h7-10,15,20H,3-6,11-14,16H2,1-2H3,(H2,27,28,29,30,31). The zero-order valence-corrected chi connectivity index (χ0v) is 21.2. The molecule has 2 fully saturated rings. The van der Waals surface area contributed by atoms with Crippen LogP contribution in [0.5, 0.6) is 0 Å². The van der Waals surface area contributed by atoms with E-state index in [4.69, 9.17) is 14.7 Å². The summed E-state index contributed by atoms with van der Waals surface area (Å²) < 4.78 is 5.54. The van der Waals surface area contributed by atoms with Crippen molar-refractivity contribution >= 4 is 35.0 Å². The van der Waals surface area contributed by atoms with Gasteiger partial charge in [-0.1, -0.05) is 25.0 Å². The molecule has 0 bridgehead atoms. The highest BCUT2D eigenvalue weighted by Gasteiger charge is 2.23. The average molecular weight is 493 g/mol. The van der Waals surface area contributed by atoms with Gasteiger partial charge in [0.15, 0.2) is 11.0 Å². The number of anilines is 3. The van der Waals surface area contributed by atoms with E-state index in [9.17, 15) is 4.79 Å². The number of aromatic amines is 1. The van der Waals surface area contributed by atoms with E-state index in [1.54, 1.807) is 0 Å². The zero-order valence-electron chi connectivity index (χ0n) is 20.3. The largest absolute Gasteiger partial charge is 0.378 e. The van der Waals surface area contributed by atoms with Crippen molar-refractivity contribution in [2.45, 2.75) is 56.0 Å². The van der Waals surface area contributed by atoms with Gasteiger partial charge in [0.05, 0.1) is 13.2 Å². The Hall–Kier alpha value is -2.91. The highest BCUT2D eigenvalue weighted by molar-refractivity contribution is 7.99. The molecular weight excluding hydrogens is 460 g/mol. The lowest BCUT2D eigenvalue weighted by atomic mass is 9.97. The van der Waals surface area contributed by atoms with E-state index in [0.29, 0.717) is 30.6 Å². The summed E-state index contributed by atoms with van der Waals surface area (Å²) in [5.41, 5.74) is 3.03. The maximum Gasteiger partial charge on any atom is 0.196 e. The molecule has 0 radical (unpaired) electrons. The SMILES string of the molecule is Cc1cc(Nc2nc(Sc3ccc(CC(=O)C4CCCC4)cc3)nc(N3CCOCC3)c2C)n[nH]1. The van der Waals surface area contributed by atoms with Gasteiger partial charge in [-0.15, -0.1) is 0 Å². The summed E-state index contributed by atoms with van der Waals surface area (Å²) in [6, 6.07) is 10.2. The van der Waals surface area contributed by atoms with Crippen molar-refractivity contribution < 1.29 is 9.53 Å². The van der Waals surface area contributed by atoms with E-state index in [-0.39, 0.29) is 5.92 Å². The van der Waals surface area contributed by atoms with Crippen molar-refractivity contribution in [3.8, 4) is 0 Å². The molecule has 8 nitrogen and oxygen atoms in total. The number of H-pyrrole nitrogens is 1. The maximum atomic E-state index is 12.5. The first-order valence-corrected chi connectivity index (χ1v) is 13.2. The number of benzene rings is 1. The van der Waals surface area contributed by atoms with E-state index in [0.717, 1.165) is 65.1 Å². The third kappa shape index (κ3) is 5.85. The Kier molecular flexibility index (Phi) is 7.34. The number of ketones is 1. The number of hydrogen-bond donors (Lipinski definition) is 2. The fourth-order valence-corrected chi connectivity index (χ4v) is 5.46. The fraction of sp³-hybridized carbons (Fsp3) is 0.462. The molecule has 1 saturated heterocycles. The highest BCUT2D eigenvalue weighted by Crippen LogP contribution is 2.33. The number of nitrogens with one attached hydrogen (secondary N) is 2. The summed E-state index contributed by atoms with van der Waals surface area (Å²) in [7, 11) is 0. The van der Waals surface area contributed by atoms with Crippen molar-refractivity contribution in [1.82, 2.24) is 20.2 Å². The van der Waals surface area contributed by atoms with Crippen LogP contribution >= 0.6 is 11.8 Å². The first-order chi connectivity index (χ1) is 17.0. The van der Waals surface area contributed by atoms with Crippen LogP contribution in [0.2, 0.25) is 0 Å². The van der Waals surface area contributed by atoms with E-state index in [1.807, 2.05) is 19.9 Å². The molecule has 35 heavy (non-hydrogen) atoms. The number of aryl methyl sites for hydroxylation is 1. The Morgan fingerprint density at radius 1 is 1.14 bits per heavy atom. The van der Waals surface area contributed by atoms with E-state index in [1.165, 1.54) is 24.6 Å². The molecule has 2 aromatic heterocycles. The predicted molar refractivity (Wildman–Crippen MR) is 138 cm³/mol. The number of aromatic nitrogens is 4. The molecule has 1 aliphatic heterocycles. The Morgan fingerprint density at radius 2 is 1.89 bits per heavy atom. The van der Waals surface area contributed by atoms with Crippen LogP contribution in [0.1, 0.15) is 42.5 Å². The number of rotatable bonds is 8. The summed E-state index contributed by atoms with van der Waals surface area (Å²) in [6.45, 7) is 6.98. The van der Waals surface area contributed by atoms with Crippen LogP contribution in [0.3, 0.4) is 0 Å². The molecule has 1 aliphatic carbocycles. The van der Waals surface area contributed by atoms with Gasteiger partial charge in [-0.2, -0.15) is 5.10 Å². The smallest absolute Gasteiger partial charge is 0.196 e. The summed E-state index contributed by atoms with van der Waals surface area (Å²) in [6.07, 6.45) is 5.00. The minimum Gasteiger partial charge on any atom is -0.378 e. The van der Waals surface area contributed by atoms with Gasteiger partial charge in [-0.3, -0.25) is 9.89 Å². The third-order valence-electron chi connectivity index (χ3n) is 6.68. The molecule has 0 amide bonds. The summed E-state index contributed by atoms with van der Waals surface area (Å²) in [5.74, 6) is 3.02. The molecule has 0 spiro atoms. The van der Waals surface area contributed by atoms with Crippen LogP contribution in [-0.2, 0) is 16.0 Å². The van der Waals surface area contributed by atoms with Gasteiger partial charge < -0.3 is 15.0 Å². The Morgan fingerprint density at radius 3 is 2.57 bits per heavy atom. The number of carbonyl (C=O) groups is 1. The summed E-state index contributed by atoms with van der Waals surface area (Å²) >= 11 is 1.52. The summed E-state index contributed by atoms with van der Waals surface area (Å²) in [5, 5.41) is 11.3. The molecule has 5 rings (SSSR count). The Bertz CT molecular complexity index is 1170. The minimum absolute atomic E-state index is 0.257. The molecule has 1 saturated carbocycles. The lowest BCUT2D eigenvalue weighted by molar-refractivity contribution is -0.122. The van der Waals surface area contributed by atoms with Gasteiger partial charge in [0.25, 0.3) is 0 Å². The van der Waals surface area contributed by atoms with Crippen LogP contribution < -0.4 is 10.2 Å². The first kappa shape index (κ1) is 23.8. The molecule has 0 unspecified atom stereocenters. The monoisotopic (exact) mass is 492 g/mol. The number of carbonyl (C=O) groups excluding carboxylic acids is 1. The van der Waals surface area contributed by atoms with Gasteiger partial charge in [-0.25, -0.2) is 9.97 Å². The molecule has 2 N–H and O–H groups in total. The second kappa shape index (κ2) is 10.8. The van der Waals surface area contributed by atoms with E-state index in [2.05, 4.69) is 44.7 Å². The number of Topliss-reactive ketones (excluding diaryl/α,β-unsaturated/α-hetero) is 1. The quantitative estimate of drug-likeness (QED) is 0.431. The predicted octanol–water partition coefficient (Wildman–Crippen LogP) is 4.85. The number of hydrogen-bond acceptors (Lipinski definition) is 8. The molecule has 184 valence electrons. The van der Waals surface area contributed by atoms with Crippen molar-refractivity contribution in [3.63, 3.8) is 0 Å². The average Bonchev–Trinajstić information content (AvgIpc) is 3.55. The molecular formula is C26H32N6O2S. The second-order valence-electron chi connectivity index (χ2n) is 9.33. The number of morpholine rings is 1. The van der Waals surface area contributed by atoms with Crippen LogP contribution in [0, 0.1) is 19.8 Å².